The zero-order chi connectivity index (χ0) is 14.6. The monoisotopic (exact) mass is 266 g/mol. The smallest absolute Gasteiger partial charge is 0.323 e. The lowest BCUT2D eigenvalue weighted by molar-refractivity contribution is -0.144. The van der Waals surface area contributed by atoms with Crippen molar-refractivity contribution in [3.8, 4) is 5.75 Å². The van der Waals surface area contributed by atoms with Crippen LogP contribution in [0.1, 0.15) is 18.9 Å². The maximum atomic E-state index is 11.8. The molecule has 0 saturated heterocycles. The second kappa shape index (κ2) is 5.81. The Morgan fingerprint density at radius 2 is 1.84 bits per heavy atom. The lowest BCUT2D eigenvalue weighted by atomic mass is 9.91. The van der Waals surface area contributed by atoms with Crippen LogP contribution in [0.2, 0.25) is 0 Å². The maximum absolute atomic E-state index is 11.8. The molecule has 104 valence electrons. The minimum atomic E-state index is -1.61. The number of benzene rings is 1. The molecule has 2 atom stereocenters. The number of carbonyl (C=O) groups excluding carboxylic acids is 1. The van der Waals surface area contributed by atoms with Crippen LogP contribution in [-0.2, 0) is 16.0 Å². The largest absolute Gasteiger partial charge is 0.508 e. The Labute approximate surface area is 111 Å². The highest BCUT2D eigenvalue weighted by Crippen LogP contribution is 2.13. The van der Waals surface area contributed by atoms with Crippen molar-refractivity contribution >= 4 is 11.8 Å². The van der Waals surface area contributed by atoms with Crippen LogP contribution in [0.25, 0.3) is 0 Å². The van der Waals surface area contributed by atoms with Gasteiger partial charge in [-0.25, -0.2) is 0 Å². The number of hydrogen-bond donors (Lipinski definition) is 4. The van der Waals surface area contributed by atoms with Crippen molar-refractivity contribution in [2.24, 2.45) is 11.5 Å². The maximum Gasteiger partial charge on any atom is 0.323 e. The molecule has 1 rings (SSSR count). The summed E-state index contributed by atoms with van der Waals surface area (Å²) < 4.78 is 0. The van der Waals surface area contributed by atoms with E-state index in [1.165, 1.54) is 19.1 Å². The molecule has 1 aromatic carbocycles. The van der Waals surface area contributed by atoms with E-state index in [9.17, 15) is 9.59 Å². The number of aromatic hydroxyl groups is 1. The van der Waals surface area contributed by atoms with Crippen LogP contribution in [0.5, 0.6) is 5.75 Å². The second-order valence-corrected chi connectivity index (χ2v) is 4.84. The normalized spacial score (nSPS) is 15.5. The van der Waals surface area contributed by atoms with E-state index in [1.54, 1.807) is 12.1 Å². The van der Waals surface area contributed by atoms with Crippen molar-refractivity contribution in [2.75, 3.05) is 0 Å². The summed E-state index contributed by atoms with van der Waals surface area (Å²) >= 11 is 0. The summed E-state index contributed by atoms with van der Waals surface area (Å²) in [5, 5.41) is 18.0. The average molecular weight is 266 g/mol. The average Bonchev–Trinajstić information content (AvgIpc) is 2.31. The topological polar surface area (TPSA) is 127 Å². The number of rotatable bonds is 6. The van der Waals surface area contributed by atoms with E-state index in [4.69, 9.17) is 21.7 Å². The first-order valence-electron chi connectivity index (χ1n) is 5.81. The number of carboxylic acid groups (broad SMARTS) is 1. The van der Waals surface area contributed by atoms with Gasteiger partial charge < -0.3 is 21.7 Å². The molecular weight excluding hydrogens is 248 g/mol. The first kappa shape index (κ1) is 15.1. The molecule has 19 heavy (non-hydrogen) atoms. The van der Waals surface area contributed by atoms with Gasteiger partial charge in [-0.05, 0) is 31.0 Å². The third-order valence-electron chi connectivity index (χ3n) is 2.84. The number of carbonyl (C=O) groups is 2. The van der Waals surface area contributed by atoms with Crippen molar-refractivity contribution in [3.05, 3.63) is 29.8 Å². The molecule has 0 aliphatic carbocycles. The van der Waals surface area contributed by atoms with Gasteiger partial charge in [0.1, 0.15) is 11.3 Å². The van der Waals surface area contributed by atoms with Gasteiger partial charge >= 0.3 is 5.97 Å². The molecule has 6 heteroatoms. The molecule has 1 unspecified atom stereocenters. The summed E-state index contributed by atoms with van der Waals surface area (Å²) in [5.74, 6) is -1.51. The van der Waals surface area contributed by atoms with E-state index >= 15 is 0 Å². The van der Waals surface area contributed by atoms with Crippen LogP contribution in [0, 0.1) is 0 Å². The number of phenols is 1. The number of carboxylic acids is 1. The summed E-state index contributed by atoms with van der Waals surface area (Å²) in [5.41, 5.74) is 10.4. The van der Waals surface area contributed by atoms with E-state index in [0.717, 1.165) is 5.56 Å². The fraction of sp³-hybridized carbons (Fsp3) is 0.385. The molecule has 0 fully saturated rings. The predicted molar refractivity (Wildman–Crippen MR) is 69.6 cm³/mol. The SMILES string of the molecule is CC(N)(CC(=O)[C@@H](N)Cc1ccc(O)cc1)C(=O)O. The van der Waals surface area contributed by atoms with Crippen LogP contribution in [-0.4, -0.2) is 33.5 Å². The van der Waals surface area contributed by atoms with Gasteiger partial charge in [-0.2, -0.15) is 0 Å². The first-order chi connectivity index (χ1) is 8.72. The molecule has 1 aromatic rings. The molecule has 0 aliphatic rings. The molecule has 0 radical (unpaired) electrons. The Hall–Kier alpha value is -1.92. The predicted octanol–water partition coefficient (Wildman–Crippen LogP) is 0.0232. The Bertz CT molecular complexity index is 468. The highest BCUT2D eigenvalue weighted by molar-refractivity contribution is 5.91. The molecule has 0 heterocycles. The molecule has 0 bridgehead atoms. The molecule has 0 amide bonds. The third kappa shape index (κ3) is 4.35. The molecule has 6 nitrogen and oxygen atoms in total. The number of aliphatic carboxylic acids is 1. The summed E-state index contributed by atoms with van der Waals surface area (Å²) in [4.78, 5) is 22.6. The van der Waals surface area contributed by atoms with E-state index in [1.807, 2.05) is 0 Å². The van der Waals surface area contributed by atoms with Crippen LogP contribution in [0.15, 0.2) is 24.3 Å². The standard InChI is InChI=1S/C13H18N2O4/c1-13(15,12(18)19)7-11(17)10(14)6-8-2-4-9(16)5-3-8/h2-5,10,16H,6-7,14-15H2,1H3,(H,18,19)/t10-,13?/m0/s1. The van der Waals surface area contributed by atoms with Crippen molar-refractivity contribution in [1.29, 1.82) is 0 Å². The Balaban J connectivity index is 2.63. The van der Waals surface area contributed by atoms with Gasteiger partial charge in [0.05, 0.1) is 6.04 Å². The Morgan fingerprint density at radius 3 is 2.32 bits per heavy atom. The minimum absolute atomic E-state index is 0.129. The molecule has 0 aliphatic heterocycles. The molecule has 0 saturated carbocycles. The molecule has 6 N–H and O–H groups in total. The number of nitrogens with two attached hydrogens (primary N) is 2. The quantitative estimate of drug-likeness (QED) is 0.575. The summed E-state index contributed by atoms with van der Waals surface area (Å²) in [6, 6.07) is 5.49. The van der Waals surface area contributed by atoms with Gasteiger partial charge in [-0.1, -0.05) is 12.1 Å². The molecular formula is C13H18N2O4. The van der Waals surface area contributed by atoms with E-state index in [-0.39, 0.29) is 18.6 Å². The number of phenolic OH excluding ortho intramolecular Hbond substituents is 1. The van der Waals surface area contributed by atoms with Crippen molar-refractivity contribution in [1.82, 2.24) is 0 Å². The lowest BCUT2D eigenvalue weighted by Gasteiger charge is -2.20. The number of ketones is 1. The molecule has 0 spiro atoms. The van der Waals surface area contributed by atoms with Crippen molar-refractivity contribution < 1.29 is 19.8 Å². The highest BCUT2D eigenvalue weighted by Gasteiger charge is 2.32. The zero-order valence-electron chi connectivity index (χ0n) is 10.7. The third-order valence-corrected chi connectivity index (χ3v) is 2.84. The minimum Gasteiger partial charge on any atom is -0.508 e. The van der Waals surface area contributed by atoms with E-state index in [0.29, 0.717) is 0 Å². The van der Waals surface area contributed by atoms with E-state index in [2.05, 4.69) is 0 Å². The van der Waals surface area contributed by atoms with Crippen molar-refractivity contribution in [3.63, 3.8) is 0 Å². The van der Waals surface area contributed by atoms with Gasteiger partial charge in [-0.3, -0.25) is 9.59 Å². The van der Waals surface area contributed by atoms with Crippen molar-refractivity contribution in [2.45, 2.75) is 31.3 Å². The van der Waals surface area contributed by atoms with Gasteiger partial charge in [0.2, 0.25) is 0 Å². The Morgan fingerprint density at radius 1 is 1.32 bits per heavy atom. The van der Waals surface area contributed by atoms with Gasteiger partial charge in [-0.15, -0.1) is 0 Å². The van der Waals surface area contributed by atoms with Gasteiger partial charge in [0, 0.05) is 6.42 Å². The highest BCUT2D eigenvalue weighted by atomic mass is 16.4. The number of Topliss-reactive ketones (excluding diaryl/α,β-unsaturated/α-hetero) is 1. The Kier molecular flexibility index (Phi) is 4.63. The van der Waals surface area contributed by atoms with Crippen LogP contribution in [0.4, 0.5) is 0 Å². The first-order valence-corrected chi connectivity index (χ1v) is 5.81. The van der Waals surface area contributed by atoms with Crippen LogP contribution < -0.4 is 11.5 Å². The fourth-order valence-electron chi connectivity index (χ4n) is 1.57. The summed E-state index contributed by atoms with van der Waals surface area (Å²) in [6.45, 7) is 1.28. The lowest BCUT2D eigenvalue weighted by Crippen LogP contribution is -2.49. The van der Waals surface area contributed by atoms with E-state index < -0.39 is 23.3 Å². The summed E-state index contributed by atoms with van der Waals surface area (Å²) in [7, 11) is 0. The van der Waals surface area contributed by atoms with Crippen LogP contribution in [0.3, 0.4) is 0 Å². The van der Waals surface area contributed by atoms with Gasteiger partial charge in [0.25, 0.3) is 0 Å². The number of hydrogen-bond acceptors (Lipinski definition) is 5. The van der Waals surface area contributed by atoms with Gasteiger partial charge in [0.15, 0.2) is 5.78 Å². The van der Waals surface area contributed by atoms with Crippen LogP contribution >= 0.6 is 0 Å². The summed E-state index contributed by atoms with van der Waals surface area (Å²) in [6.07, 6.45) is -0.0452. The zero-order valence-corrected chi connectivity index (χ0v) is 10.7. The molecule has 0 aromatic heterocycles. The second-order valence-electron chi connectivity index (χ2n) is 4.84. The fourth-order valence-corrected chi connectivity index (χ4v) is 1.57.